The van der Waals surface area contributed by atoms with Gasteiger partial charge in [-0.25, -0.2) is 9.18 Å². The molecule has 0 aliphatic carbocycles. The van der Waals surface area contributed by atoms with Crippen LogP contribution >= 0.6 is 0 Å². The smallest absolute Gasteiger partial charge is 0.335 e. The van der Waals surface area contributed by atoms with Gasteiger partial charge in [-0.1, -0.05) is 78.8 Å². The van der Waals surface area contributed by atoms with Crippen molar-refractivity contribution in [1.29, 1.82) is 0 Å². The van der Waals surface area contributed by atoms with Crippen molar-refractivity contribution in [3.8, 4) is 11.1 Å². The molecule has 2 atom stereocenters. The molecule has 0 spiro atoms. The maximum absolute atomic E-state index is 14.1. The Morgan fingerprint density at radius 3 is 2.29 bits per heavy atom. The summed E-state index contributed by atoms with van der Waals surface area (Å²) in [5.74, 6) is -1.96. The van der Waals surface area contributed by atoms with Crippen LogP contribution in [0, 0.1) is 5.82 Å². The molecule has 6 rings (SSSR count). The van der Waals surface area contributed by atoms with Gasteiger partial charge in [0.05, 0.1) is 28.2 Å². The van der Waals surface area contributed by atoms with Crippen molar-refractivity contribution in [2.45, 2.75) is 25.8 Å². The molecule has 0 unspecified atom stereocenters. The van der Waals surface area contributed by atoms with Crippen LogP contribution in [0.1, 0.15) is 63.3 Å². The lowest BCUT2D eigenvalue weighted by Crippen LogP contribution is -2.27. The van der Waals surface area contributed by atoms with Crippen molar-refractivity contribution in [2.75, 3.05) is 0 Å². The number of rotatable bonds is 7. The second-order valence-electron chi connectivity index (χ2n) is 10.4. The summed E-state index contributed by atoms with van der Waals surface area (Å²) in [4.78, 5) is 25.2. The van der Waals surface area contributed by atoms with Gasteiger partial charge in [-0.3, -0.25) is 4.79 Å². The molecule has 6 nitrogen and oxygen atoms in total. The number of aromatic carboxylic acids is 1. The Labute approximate surface area is 241 Å². The van der Waals surface area contributed by atoms with Crippen LogP contribution in [-0.2, 0) is 0 Å². The molecule has 0 aliphatic heterocycles. The summed E-state index contributed by atoms with van der Waals surface area (Å²) in [7, 11) is 0. The summed E-state index contributed by atoms with van der Waals surface area (Å²) in [5.41, 5.74) is 4.55. The number of nitrogens with zero attached hydrogens (tertiary/aromatic N) is 1. The van der Waals surface area contributed by atoms with E-state index >= 15 is 0 Å². The average molecular weight is 559 g/mol. The lowest BCUT2D eigenvalue weighted by atomic mass is 9.90. The minimum atomic E-state index is -1.02. The van der Waals surface area contributed by atoms with Gasteiger partial charge in [0.15, 0.2) is 5.58 Å². The lowest BCUT2D eigenvalue weighted by molar-refractivity contribution is 0.0696. The highest BCUT2D eigenvalue weighted by molar-refractivity contribution is 6.08. The Balaban J connectivity index is 1.43. The van der Waals surface area contributed by atoms with Gasteiger partial charge in [0.2, 0.25) is 0 Å². The third-order valence-corrected chi connectivity index (χ3v) is 7.69. The molecule has 208 valence electrons. The normalized spacial score (nSPS) is 12.7. The number of halogens is 1. The Hall–Kier alpha value is -5.30. The fourth-order valence-corrected chi connectivity index (χ4v) is 5.31. The van der Waals surface area contributed by atoms with Crippen LogP contribution in [0.25, 0.3) is 32.9 Å². The maximum Gasteiger partial charge on any atom is 0.335 e. The summed E-state index contributed by atoms with van der Waals surface area (Å²) >= 11 is 0. The number of carbonyl (C=O) groups excluding carboxylic acids is 1. The van der Waals surface area contributed by atoms with Crippen molar-refractivity contribution in [3.05, 3.63) is 137 Å². The standard InChI is InChI=1S/C35H27FN2O4/c1-20(25-15-12-23-6-3-4-7-26(23)16-25)33-32-30(34(39)37-21(2)22-10-13-24(14-11-22)35(40)41)18-28(19-31(32)42-38-33)27-8-5-9-29(36)17-27/h3-21H,1-2H3,(H,37,39)(H,40,41)/t20-,21-/m0/s1. The summed E-state index contributed by atoms with van der Waals surface area (Å²) in [6.45, 7) is 3.85. The molecule has 0 fully saturated rings. The van der Waals surface area contributed by atoms with Gasteiger partial charge in [0.25, 0.3) is 5.91 Å². The minimum Gasteiger partial charge on any atom is -0.478 e. The molecule has 7 heteroatoms. The first-order valence-electron chi connectivity index (χ1n) is 13.6. The van der Waals surface area contributed by atoms with Crippen molar-refractivity contribution < 1.29 is 23.6 Å². The van der Waals surface area contributed by atoms with Gasteiger partial charge in [-0.2, -0.15) is 0 Å². The van der Waals surface area contributed by atoms with E-state index in [9.17, 15) is 19.1 Å². The van der Waals surface area contributed by atoms with Crippen molar-refractivity contribution in [2.24, 2.45) is 0 Å². The molecule has 0 saturated carbocycles. The Bertz CT molecular complexity index is 1960. The number of hydrogen-bond acceptors (Lipinski definition) is 4. The molecule has 0 bridgehead atoms. The van der Waals surface area contributed by atoms with E-state index in [0.717, 1.165) is 21.9 Å². The Morgan fingerprint density at radius 1 is 0.810 bits per heavy atom. The molecule has 5 aromatic carbocycles. The number of aromatic nitrogens is 1. The summed E-state index contributed by atoms with van der Waals surface area (Å²) in [6.07, 6.45) is 0. The minimum absolute atomic E-state index is 0.165. The predicted octanol–water partition coefficient (Wildman–Crippen LogP) is 8.13. The predicted molar refractivity (Wildman–Crippen MR) is 160 cm³/mol. The fraction of sp³-hybridized carbons (Fsp3) is 0.114. The van der Waals surface area contributed by atoms with E-state index in [1.807, 2.05) is 26.0 Å². The number of benzene rings is 5. The van der Waals surface area contributed by atoms with Gasteiger partial charge in [-0.05, 0) is 76.3 Å². The molecule has 1 heterocycles. The first-order valence-corrected chi connectivity index (χ1v) is 13.6. The molecule has 0 radical (unpaired) electrons. The first kappa shape index (κ1) is 26.9. The number of amides is 1. The van der Waals surface area contributed by atoms with Crippen molar-refractivity contribution in [3.63, 3.8) is 0 Å². The van der Waals surface area contributed by atoms with E-state index in [1.165, 1.54) is 24.3 Å². The molecular formula is C35H27FN2O4. The van der Waals surface area contributed by atoms with E-state index in [4.69, 9.17) is 4.52 Å². The molecule has 6 aromatic rings. The zero-order valence-corrected chi connectivity index (χ0v) is 23.0. The SMILES string of the molecule is C[C@@H](c1ccc2ccccc2c1)c1noc2cc(-c3cccc(F)c3)cc(C(=O)N[C@@H](C)c3ccc(C(=O)O)cc3)c12. The van der Waals surface area contributed by atoms with Gasteiger partial charge in [0.1, 0.15) is 5.82 Å². The molecule has 0 saturated heterocycles. The number of carbonyl (C=O) groups is 2. The topological polar surface area (TPSA) is 92.4 Å². The fourth-order valence-electron chi connectivity index (χ4n) is 5.31. The third-order valence-electron chi connectivity index (χ3n) is 7.69. The monoisotopic (exact) mass is 558 g/mol. The Kier molecular flexibility index (Phi) is 7.00. The highest BCUT2D eigenvalue weighted by Gasteiger charge is 2.25. The van der Waals surface area contributed by atoms with E-state index in [2.05, 4.69) is 40.8 Å². The van der Waals surface area contributed by atoms with Crippen LogP contribution in [0.4, 0.5) is 4.39 Å². The number of carboxylic acids is 1. The summed E-state index contributed by atoms with van der Waals surface area (Å²) < 4.78 is 19.9. The van der Waals surface area contributed by atoms with Gasteiger partial charge in [-0.15, -0.1) is 0 Å². The molecule has 1 aromatic heterocycles. The van der Waals surface area contributed by atoms with Crippen molar-refractivity contribution >= 4 is 33.6 Å². The molecule has 1 amide bonds. The van der Waals surface area contributed by atoms with Gasteiger partial charge in [0, 0.05) is 5.92 Å². The zero-order chi connectivity index (χ0) is 29.4. The summed E-state index contributed by atoms with van der Waals surface area (Å²) in [5, 5.41) is 19.5. The maximum atomic E-state index is 14.1. The van der Waals surface area contributed by atoms with E-state index in [-0.39, 0.29) is 23.2 Å². The first-order chi connectivity index (χ1) is 20.3. The van der Waals surface area contributed by atoms with Crippen molar-refractivity contribution in [1.82, 2.24) is 10.5 Å². The summed E-state index contributed by atoms with van der Waals surface area (Å²) in [6, 6.07) is 30.0. The molecular weight excluding hydrogens is 531 g/mol. The van der Waals surface area contributed by atoms with Gasteiger partial charge >= 0.3 is 5.97 Å². The zero-order valence-electron chi connectivity index (χ0n) is 23.0. The van der Waals surface area contributed by atoms with Crippen LogP contribution in [-0.4, -0.2) is 22.1 Å². The average Bonchev–Trinajstić information content (AvgIpc) is 3.44. The third kappa shape index (κ3) is 5.12. The van der Waals surface area contributed by atoms with Crippen LogP contribution < -0.4 is 5.32 Å². The quantitative estimate of drug-likeness (QED) is 0.206. The van der Waals surface area contributed by atoms with E-state index < -0.39 is 12.0 Å². The van der Waals surface area contributed by atoms with Crippen LogP contribution in [0.2, 0.25) is 0 Å². The number of nitrogens with one attached hydrogen (secondary N) is 1. The number of hydrogen-bond donors (Lipinski definition) is 2. The molecule has 2 N–H and O–H groups in total. The van der Waals surface area contributed by atoms with Crippen LogP contribution in [0.3, 0.4) is 0 Å². The van der Waals surface area contributed by atoms with Crippen LogP contribution in [0.5, 0.6) is 0 Å². The second-order valence-corrected chi connectivity index (χ2v) is 10.4. The lowest BCUT2D eigenvalue weighted by Gasteiger charge is -2.17. The number of carboxylic acid groups (broad SMARTS) is 1. The van der Waals surface area contributed by atoms with E-state index in [0.29, 0.717) is 33.4 Å². The number of fused-ring (bicyclic) bond motifs is 2. The van der Waals surface area contributed by atoms with Crippen LogP contribution in [0.15, 0.2) is 108 Å². The highest BCUT2D eigenvalue weighted by Crippen LogP contribution is 2.36. The molecule has 0 aliphatic rings. The largest absolute Gasteiger partial charge is 0.478 e. The molecule has 42 heavy (non-hydrogen) atoms. The second kappa shape index (κ2) is 10.9. The van der Waals surface area contributed by atoms with E-state index in [1.54, 1.807) is 36.4 Å². The Morgan fingerprint density at radius 2 is 1.55 bits per heavy atom. The highest BCUT2D eigenvalue weighted by atomic mass is 19.1. The van der Waals surface area contributed by atoms with Gasteiger partial charge < -0.3 is 14.9 Å².